The summed E-state index contributed by atoms with van der Waals surface area (Å²) in [6.45, 7) is 4.16. The van der Waals surface area contributed by atoms with Gasteiger partial charge in [-0.25, -0.2) is 4.79 Å². The van der Waals surface area contributed by atoms with Gasteiger partial charge in [0, 0.05) is 22.0 Å². The number of nitriles is 1. The molecule has 90 valence electrons. The van der Waals surface area contributed by atoms with Crippen molar-refractivity contribution in [2.45, 2.75) is 33.1 Å². The van der Waals surface area contributed by atoms with Crippen LogP contribution in [0.5, 0.6) is 0 Å². The fourth-order valence-electron chi connectivity index (χ4n) is 3.49. The predicted octanol–water partition coefficient (Wildman–Crippen LogP) is 2.75. The maximum absolute atomic E-state index is 11.8. The minimum absolute atomic E-state index is 0.189. The van der Waals surface area contributed by atoms with Crippen LogP contribution in [0.4, 0.5) is 0 Å². The summed E-state index contributed by atoms with van der Waals surface area (Å²) in [7, 11) is 1.41. The van der Waals surface area contributed by atoms with E-state index in [0.29, 0.717) is 0 Å². The van der Waals surface area contributed by atoms with Gasteiger partial charge in [0.05, 0.1) is 13.2 Å². The molecular weight excluding hydrogens is 214 g/mol. The van der Waals surface area contributed by atoms with E-state index in [9.17, 15) is 10.1 Å². The van der Waals surface area contributed by atoms with Crippen molar-refractivity contribution in [3.8, 4) is 6.07 Å². The maximum Gasteiger partial charge on any atom is 0.334 e. The second-order valence-electron chi connectivity index (χ2n) is 5.01. The lowest BCUT2D eigenvalue weighted by Crippen LogP contribution is -2.36. The van der Waals surface area contributed by atoms with Gasteiger partial charge in [-0.05, 0) is 19.3 Å². The lowest BCUT2D eigenvalue weighted by Gasteiger charge is -2.39. The van der Waals surface area contributed by atoms with Crippen LogP contribution in [0.1, 0.15) is 33.1 Å². The molecular formula is C14H17NO2. The summed E-state index contributed by atoms with van der Waals surface area (Å²) in [4.78, 5) is 11.8. The molecule has 0 heterocycles. The van der Waals surface area contributed by atoms with Gasteiger partial charge in [0.1, 0.15) is 0 Å². The lowest BCUT2D eigenvalue weighted by molar-refractivity contribution is -0.137. The molecule has 0 aromatic rings. The summed E-state index contributed by atoms with van der Waals surface area (Å²) < 4.78 is 4.85. The molecule has 0 fully saturated rings. The fraction of sp³-hybridized carbons (Fsp3) is 0.571. The summed E-state index contributed by atoms with van der Waals surface area (Å²) in [5, 5.41) is 9.25. The Morgan fingerprint density at radius 1 is 1.53 bits per heavy atom. The zero-order valence-corrected chi connectivity index (χ0v) is 10.5. The maximum atomic E-state index is 11.8. The van der Waals surface area contributed by atoms with Gasteiger partial charge in [0.25, 0.3) is 0 Å². The van der Waals surface area contributed by atoms with Crippen LogP contribution < -0.4 is 0 Å². The molecule has 2 atom stereocenters. The van der Waals surface area contributed by atoms with Gasteiger partial charge in [-0.2, -0.15) is 5.26 Å². The molecule has 3 nitrogen and oxygen atoms in total. The Morgan fingerprint density at radius 2 is 2.24 bits per heavy atom. The highest BCUT2D eigenvalue weighted by Crippen LogP contribution is 2.64. The van der Waals surface area contributed by atoms with Gasteiger partial charge in [0.2, 0.25) is 0 Å². The van der Waals surface area contributed by atoms with Gasteiger partial charge >= 0.3 is 5.97 Å². The molecule has 17 heavy (non-hydrogen) atoms. The number of hydrogen-bond acceptors (Lipinski definition) is 3. The molecule has 0 aromatic heterocycles. The monoisotopic (exact) mass is 231 g/mol. The zero-order chi connectivity index (χ0) is 12.7. The van der Waals surface area contributed by atoms with Crippen molar-refractivity contribution in [1.29, 1.82) is 5.26 Å². The van der Waals surface area contributed by atoms with Crippen LogP contribution in [-0.4, -0.2) is 13.1 Å². The third kappa shape index (κ3) is 1.24. The molecule has 3 heteroatoms. The molecule has 2 aliphatic carbocycles. The van der Waals surface area contributed by atoms with Gasteiger partial charge in [-0.15, -0.1) is 0 Å². The molecule has 0 spiro atoms. The lowest BCUT2D eigenvalue weighted by atomic mass is 9.62. The van der Waals surface area contributed by atoms with E-state index in [4.69, 9.17) is 4.74 Å². The second-order valence-corrected chi connectivity index (χ2v) is 5.01. The third-order valence-corrected chi connectivity index (χ3v) is 4.66. The van der Waals surface area contributed by atoms with E-state index >= 15 is 0 Å². The summed E-state index contributed by atoms with van der Waals surface area (Å²) in [6.07, 6.45) is 6.34. The van der Waals surface area contributed by atoms with E-state index in [1.165, 1.54) is 7.11 Å². The van der Waals surface area contributed by atoms with E-state index < -0.39 is 0 Å². The Hall–Kier alpha value is -1.56. The highest BCUT2D eigenvalue weighted by atomic mass is 16.5. The first-order chi connectivity index (χ1) is 8.05. The average Bonchev–Trinajstić information content (AvgIpc) is 2.78. The van der Waals surface area contributed by atoms with Crippen molar-refractivity contribution >= 4 is 5.97 Å². The highest BCUT2D eigenvalue weighted by Gasteiger charge is 2.58. The summed E-state index contributed by atoms with van der Waals surface area (Å²) in [5.41, 5.74) is 1.12. The number of rotatable bonds is 2. The second kappa shape index (κ2) is 3.73. The Labute approximate surface area is 102 Å². The fourth-order valence-corrected chi connectivity index (χ4v) is 3.49. The number of fused-ring (bicyclic) bond motifs is 1. The Morgan fingerprint density at radius 3 is 2.76 bits per heavy atom. The molecule has 0 bridgehead atoms. The van der Waals surface area contributed by atoms with Crippen LogP contribution in [0, 0.1) is 22.2 Å². The number of esters is 1. The van der Waals surface area contributed by atoms with E-state index in [-0.39, 0.29) is 16.8 Å². The largest absolute Gasteiger partial charge is 0.466 e. The van der Waals surface area contributed by atoms with Crippen LogP contribution in [0.15, 0.2) is 23.3 Å². The zero-order valence-electron chi connectivity index (χ0n) is 10.5. The molecule has 0 N–H and O–H groups in total. The number of allylic oxidation sites excluding steroid dienone is 3. The molecule has 0 aromatic carbocycles. The minimum Gasteiger partial charge on any atom is -0.466 e. The van der Waals surface area contributed by atoms with E-state index in [0.717, 1.165) is 30.4 Å². The van der Waals surface area contributed by atoms with Gasteiger partial charge in [-0.3, -0.25) is 0 Å². The number of carbonyl (C=O) groups excluding carboxylic acids is 1. The Balaban J connectivity index is 2.47. The van der Waals surface area contributed by atoms with Crippen molar-refractivity contribution < 1.29 is 9.53 Å². The topological polar surface area (TPSA) is 50.1 Å². The predicted molar refractivity (Wildman–Crippen MR) is 63.9 cm³/mol. The smallest absolute Gasteiger partial charge is 0.334 e. The first-order valence-electron chi connectivity index (χ1n) is 5.95. The van der Waals surface area contributed by atoms with Crippen LogP contribution in [0.25, 0.3) is 0 Å². The Bertz CT molecular complexity index is 469. The van der Waals surface area contributed by atoms with E-state index in [1.807, 2.05) is 12.2 Å². The standard InChI is InChI=1S/C14H17NO2/c1-4-14-8-6-11(12(16)17-3)13(14,2)7-5-10(14)9-15/h5-6H,4,7-8H2,1-3H3/t13-,14-/m0/s1. The number of hydrogen-bond donors (Lipinski definition) is 0. The molecule has 0 unspecified atom stereocenters. The number of ether oxygens (including phenoxy) is 1. The van der Waals surface area contributed by atoms with Crippen molar-refractivity contribution in [2.75, 3.05) is 7.11 Å². The molecule has 0 amide bonds. The number of nitrogens with zero attached hydrogens (tertiary/aromatic N) is 1. The van der Waals surface area contributed by atoms with Crippen LogP contribution in [0.3, 0.4) is 0 Å². The van der Waals surface area contributed by atoms with Crippen molar-refractivity contribution in [2.24, 2.45) is 10.8 Å². The first kappa shape index (κ1) is 11.9. The van der Waals surface area contributed by atoms with Gasteiger partial charge in [0.15, 0.2) is 0 Å². The molecule has 2 rings (SSSR count). The summed E-state index contributed by atoms with van der Waals surface area (Å²) in [6, 6.07) is 2.31. The quantitative estimate of drug-likeness (QED) is 0.686. The van der Waals surface area contributed by atoms with E-state index in [1.54, 1.807) is 0 Å². The molecule has 0 radical (unpaired) electrons. The normalized spacial score (nSPS) is 34.7. The SMILES string of the molecule is CC[C@@]12CC=C(C(=O)OC)[C@]1(C)CC=C2C#N. The van der Waals surface area contributed by atoms with Crippen molar-refractivity contribution in [3.63, 3.8) is 0 Å². The summed E-state index contributed by atoms with van der Waals surface area (Å²) in [5.74, 6) is -0.254. The van der Waals surface area contributed by atoms with Gasteiger partial charge in [-0.1, -0.05) is 26.0 Å². The molecule has 0 saturated carbocycles. The van der Waals surface area contributed by atoms with Crippen molar-refractivity contribution in [1.82, 2.24) is 0 Å². The number of methoxy groups -OCH3 is 1. The molecule has 0 saturated heterocycles. The number of carbonyl (C=O) groups is 1. The minimum atomic E-state index is -0.264. The van der Waals surface area contributed by atoms with Crippen LogP contribution in [-0.2, 0) is 9.53 Å². The van der Waals surface area contributed by atoms with Crippen molar-refractivity contribution in [3.05, 3.63) is 23.3 Å². The average molecular weight is 231 g/mol. The van der Waals surface area contributed by atoms with Crippen LogP contribution in [0.2, 0.25) is 0 Å². The molecule has 2 aliphatic rings. The van der Waals surface area contributed by atoms with Gasteiger partial charge < -0.3 is 4.74 Å². The Kier molecular flexibility index (Phi) is 2.61. The first-order valence-corrected chi connectivity index (χ1v) is 5.95. The summed E-state index contributed by atoms with van der Waals surface area (Å²) >= 11 is 0. The highest BCUT2D eigenvalue weighted by molar-refractivity contribution is 5.91. The van der Waals surface area contributed by atoms with Crippen LogP contribution >= 0.6 is 0 Å². The molecule has 0 aliphatic heterocycles. The third-order valence-electron chi connectivity index (χ3n) is 4.66. The van der Waals surface area contributed by atoms with E-state index in [2.05, 4.69) is 19.9 Å².